The zero-order valence-electron chi connectivity index (χ0n) is 14.1. The number of carbonyl (C=O) groups excluding carboxylic acids is 1. The van der Waals surface area contributed by atoms with E-state index >= 15 is 0 Å². The van der Waals surface area contributed by atoms with Crippen molar-refractivity contribution in [1.82, 2.24) is 15.5 Å². The normalized spacial score (nSPS) is 15.2. The average Bonchev–Trinajstić information content (AvgIpc) is 2.60. The minimum absolute atomic E-state index is 0.0925. The molecule has 0 saturated carbocycles. The number of carbonyl (C=O) groups is 1. The highest BCUT2D eigenvalue weighted by molar-refractivity contribution is 5.76. The summed E-state index contributed by atoms with van der Waals surface area (Å²) in [5.74, 6) is 1.50. The Kier molecular flexibility index (Phi) is 7.16. The molecule has 1 heterocycles. The number of rotatable bonds is 8. The molecule has 1 saturated heterocycles. The van der Waals surface area contributed by atoms with E-state index in [-0.39, 0.29) is 5.91 Å². The first kappa shape index (κ1) is 17.6. The SMILES string of the molecule is COc1ccc(CCC(=O)NCCN2CCNCC2)cc1OC. The van der Waals surface area contributed by atoms with Crippen LogP contribution in [0.4, 0.5) is 0 Å². The first-order valence-corrected chi connectivity index (χ1v) is 8.13. The summed E-state index contributed by atoms with van der Waals surface area (Å²) in [7, 11) is 3.23. The molecule has 1 aromatic rings. The highest BCUT2D eigenvalue weighted by Crippen LogP contribution is 2.27. The maximum atomic E-state index is 11.9. The van der Waals surface area contributed by atoms with Crippen molar-refractivity contribution in [3.05, 3.63) is 23.8 Å². The first-order valence-electron chi connectivity index (χ1n) is 8.13. The smallest absolute Gasteiger partial charge is 0.220 e. The van der Waals surface area contributed by atoms with Crippen molar-refractivity contribution in [1.29, 1.82) is 0 Å². The van der Waals surface area contributed by atoms with Gasteiger partial charge < -0.3 is 20.1 Å². The standard InChI is InChI=1S/C17H27N3O3/c1-22-15-5-3-14(13-16(15)23-2)4-6-17(21)19-9-12-20-10-7-18-8-11-20/h3,5,13,18H,4,6-12H2,1-2H3,(H,19,21). The van der Waals surface area contributed by atoms with Crippen LogP contribution in [-0.2, 0) is 11.2 Å². The zero-order valence-corrected chi connectivity index (χ0v) is 14.1. The number of nitrogens with zero attached hydrogens (tertiary/aromatic N) is 1. The molecule has 0 radical (unpaired) electrons. The van der Waals surface area contributed by atoms with Gasteiger partial charge in [-0.15, -0.1) is 0 Å². The Morgan fingerprint density at radius 3 is 2.65 bits per heavy atom. The van der Waals surface area contributed by atoms with Crippen molar-refractivity contribution in [2.24, 2.45) is 0 Å². The Morgan fingerprint density at radius 2 is 1.96 bits per heavy atom. The summed E-state index contributed by atoms with van der Waals surface area (Å²) in [4.78, 5) is 14.3. The van der Waals surface area contributed by atoms with E-state index in [9.17, 15) is 4.79 Å². The number of nitrogens with one attached hydrogen (secondary N) is 2. The Hall–Kier alpha value is -1.79. The zero-order chi connectivity index (χ0) is 16.5. The average molecular weight is 321 g/mol. The fourth-order valence-corrected chi connectivity index (χ4v) is 2.67. The van der Waals surface area contributed by atoms with Gasteiger partial charge in [0.2, 0.25) is 5.91 Å². The predicted octanol–water partition coefficient (Wildman–Crippen LogP) is 0.658. The van der Waals surface area contributed by atoms with Crippen LogP contribution in [0.25, 0.3) is 0 Å². The maximum absolute atomic E-state index is 11.9. The van der Waals surface area contributed by atoms with Gasteiger partial charge in [0, 0.05) is 45.7 Å². The molecule has 0 unspecified atom stereocenters. The lowest BCUT2D eigenvalue weighted by Crippen LogP contribution is -2.46. The van der Waals surface area contributed by atoms with Gasteiger partial charge in [0.25, 0.3) is 0 Å². The Morgan fingerprint density at radius 1 is 1.22 bits per heavy atom. The van der Waals surface area contributed by atoms with Gasteiger partial charge in [-0.25, -0.2) is 0 Å². The van der Waals surface area contributed by atoms with Crippen molar-refractivity contribution >= 4 is 5.91 Å². The van der Waals surface area contributed by atoms with E-state index in [0.29, 0.717) is 30.9 Å². The molecule has 0 bridgehead atoms. The third-order valence-electron chi connectivity index (χ3n) is 4.05. The van der Waals surface area contributed by atoms with Crippen molar-refractivity contribution in [2.45, 2.75) is 12.8 Å². The number of benzene rings is 1. The molecule has 0 aliphatic carbocycles. The van der Waals surface area contributed by atoms with Crippen LogP contribution in [0.15, 0.2) is 18.2 Å². The molecule has 0 atom stereocenters. The Bertz CT molecular complexity index is 502. The van der Waals surface area contributed by atoms with Gasteiger partial charge >= 0.3 is 0 Å². The first-order chi connectivity index (χ1) is 11.2. The monoisotopic (exact) mass is 321 g/mol. The lowest BCUT2D eigenvalue weighted by molar-refractivity contribution is -0.121. The van der Waals surface area contributed by atoms with Crippen LogP contribution >= 0.6 is 0 Å². The molecule has 1 amide bonds. The minimum Gasteiger partial charge on any atom is -0.493 e. The maximum Gasteiger partial charge on any atom is 0.220 e. The van der Waals surface area contributed by atoms with Crippen molar-refractivity contribution < 1.29 is 14.3 Å². The van der Waals surface area contributed by atoms with Gasteiger partial charge in [-0.2, -0.15) is 0 Å². The van der Waals surface area contributed by atoms with E-state index in [1.165, 1.54) is 0 Å². The number of methoxy groups -OCH3 is 2. The topological polar surface area (TPSA) is 62.8 Å². The number of piperazine rings is 1. The minimum atomic E-state index is 0.0925. The highest BCUT2D eigenvalue weighted by Gasteiger charge is 2.10. The van der Waals surface area contributed by atoms with Crippen LogP contribution in [-0.4, -0.2) is 64.3 Å². The molecule has 23 heavy (non-hydrogen) atoms. The molecule has 0 aromatic heterocycles. The second-order valence-corrected chi connectivity index (χ2v) is 5.63. The summed E-state index contributed by atoms with van der Waals surface area (Å²) in [5, 5.41) is 6.32. The molecule has 2 rings (SSSR count). The molecule has 128 valence electrons. The number of aryl methyl sites for hydroxylation is 1. The fraction of sp³-hybridized carbons (Fsp3) is 0.588. The van der Waals surface area contributed by atoms with Crippen LogP contribution in [0.3, 0.4) is 0 Å². The van der Waals surface area contributed by atoms with E-state index in [4.69, 9.17) is 9.47 Å². The van der Waals surface area contributed by atoms with E-state index in [2.05, 4.69) is 15.5 Å². The quantitative estimate of drug-likeness (QED) is 0.736. The third kappa shape index (κ3) is 5.73. The van der Waals surface area contributed by atoms with Crippen molar-refractivity contribution in [3.63, 3.8) is 0 Å². The molecule has 6 heteroatoms. The Balaban J connectivity index is 1.69. The second-order valence-electron chi connectivity index (χ2n) is 5.63. The second kappa shape index (κ2) is 9.37. The Labute approximate surface area is 138 Å². The molecule has 2 N–H and O–H groups in total. The summed E-state index contributed by atoms with van der Waals surface area (Å²) in [6, 6.07) is 5.76. The van der Waals surface area contributed by atoms with Crippen LogP contribution in [0.2, 0.25) is 0 Å². The lowest BCUT2D eigenvalue weighted by atomic mass is 10.1. The summed E-state index contributed by atoms with van der Waals surface area (Å²) in [5.41, 5.74) is 1.07. The van der Waals surface area contributed by atoms with Gasteiger partial charge in [0.15, 0.2) is 11.5 Å². The number of ether oxygens (including phenoxy) is 2. The molecule has 1 aromatic carbocycles. The van der Waals surface area contributed by atoms with Gasteiger partial charge in [0.05, 0.1) is 14.2 Å². The molecule has 1 fully saturated rings. The highest BCUT2D eigenvalue weighted by atomic mass is 16.5. The summed E-state index contributed by atoms with van der Waals surface area (Å²) in [6.07, 6.45) is 1.18. The molecule has 1 aliphatic rings. The van der Waals surface area contributed by atoms with Crippen LogP contribution in [0, 0.1) is 0 Å². The number of amides is 1. The summed E-state index contributed by atoms with van der Waals surface area (Å²) in [6.45, 7) is 5.82. The summed E-state index contributed by atoms with van der Waals surface area (Å²) >= 11 is 0. The molecule has 6 nitrogen and oxygen atoms in total. The fourth-order valence-electron chi connectivity index (χ4n) is 2.67. The third-order valence-corrected chi connectivity index (χ3v) is 4.05. The van der Waals surface area contributed by atoms with Crippen molar-refractivity contribution in [3.8, 4) is 11.5 Å². The van der Waals surface area contributed by atoms with Crippen molar-refractivity contribution in [2.75, 3.05) is 53.5 Å². The van der Waals surface area contributed by atoms with Gasteiger partial charge in [-0.3, -0.25) is 9.69 Å². The van der Waals surface area contributed by atoms with E-state index < -0.39 is 0 Å². The van der Waals surface area contributed by atoms with Gasteiger partial charge in [-0.05, 0) is 24.1 Å². The number of hydrogen-bond donors (Lipinski definition) is 2. The predicted molar refractivity (Wildman–Crippen MR) is 90.2 cm³/mol. The largest absolute Gasteiger partial charge is 0.493 e. The van der Waals surface area contributed by atoms with Gasteiger partial charge in [-0.1, -0.05) is 6.07 Å². The molecule has 1 aliphatic heterocycles. The van der Waals surface area contributed by atoms with E-state index in [0.717, 1.165) is 38.3 Å². The van der Waals surface area contributed by atoms with Gasteiger partial charge in [0.1, 0.15) is 0 Å². The number of hydrogen-bond acceptors (Lipinski definition) is 5. The molecular weight excluding hydrogens is 294 g/mol. The van der Waals surface area contributed by atoms with Crippen LogP contribution < -0.4 is 20.1 Å². The van der Waals surface area contributed by atoms with E-state index in [1.807, 2.05) is 18.2 Å². The van der Waals surface area contributed by atoms with Crippen LogP contribution in [0.1, 0.15) is 12.0 Å². The molecule has 0 spiro atoms. The summed E-state index contributed by atoms with van der Waals surface area (Å²) < 4.78 is 10.5. The molecular formula is C17H27N3O3. The van der Waals surface area contributed by atoms with E-state index in [1.54, 1.807) is 14.2 Å². The van der Waals surface area contributed by atoms with Crippen LogP contribution in [0.5, 0.6) is 11.5 Å². The lowest BCUT2D eigenvalue weighted by Gasteiger charge is -2.27.